The number of ether oxygens (including phenoxy) is 1. The maximum Gasteiger partial charge on any atom is 0.241 e. The van der Waals surface area contributed by atoms with E-state index < -0.39 is 15.9 Å². The van der Waals surface area contributed by atoms with Gasteiger partial charge in [0.15, 0.2) is 0 Å². The highest BCUT2D eigenvalue weighted by atomic mass is 35.5. The van der Waals surface area contributed by atoms with Gasteiger partial charge in [-0.1, -0.05) is 35.4 Å². The van der Waals surface area contributed by atoms with Crippen molar-refractivity contribution < 1.29 is 17.9 Å². The van der Waals surface area contributed by atoms with E-state index in [2.05, 4.69) is 5.32 Å². The van der Waals surface area contributed by atoms with Crippen LogP contribution in [0.3, 0.4) is 0 Å². The van der Waals surface area contributed by atoms with Crippen molar-refractivity contribution >= 4 is 33.2 Å². The number of halogens is 1. The number of benzene rings is 2. The van der Waals surface area contributed by atoms with Gasteiger partial charge in [-0.15, -0.1) is 0 Å². The Kier molecular flexibility index (Phi) is 7.10. The van der Waals surface area contributed by atoms with E-state index in [1.165, 1.54) is 6.07 Å². The number of nitrogens with one attached hydrogen (secondary N) is 1. The number of nitrogens with zero attached hydrogens (tertiary/aromatic N) is 1. The molecule has 0 bridgehead atoms. The predicted octanol–water partition coefficient (Wildman–Crippen LogP) is 3.00. The Hall–Kier alpha value is -2.25. The van der Waals surface area contributed by atoms with Gasteiger partial charge in [0.2, 0.25) is 15.9 Å². The van der Waals surface area contributed by atoms with E-state index >= 15 is 0 Å². The molecule has 0 saturated heterocycles. The Balaban J connectivity index is 1.95. The third-order valence-electron chi connectivity index (χ3n) is 3.71. The summed E-state index contributed by atoms with van der Waals surface area (Å²) in [7, 11) is -3.64. The van der Waals surface area contributed by atoms with E-state index in [1.54, 1.807) is 25.1 Å². The molecule has 0 heterocycles. The van der Waals surface area contributed by atoms with E-state index in [-0.39, 0.29) is 19.2 Å². The first-order valence-corrected chi connectivity index (χ1v) is 10.6. The van der Waals surface area contributed by atoms with Gasteiger partial charge in [0.1, 0.15) is 18.9 Å². The van der Waals surface area contributed by atoms with E-state index in [0.717, 1.165) is 16.1 Å². The van der Waals surface area contributed by atoms with E-state index in [0.29, 0.717) is 16.5 Å². The van der Waals surface area contributed by atoms with Gasteiger partial charge in [-0.3, -0.25) is 9.10 Å². The molecule has 1 N–H and O–H groups in total. The zero-order chi connectivity index (χ0) is 20.0. The van der Waals surface area contributed by atoms with Gasteiger partial charge < -0.3 is 10.1 Å². The molecule has 0 aliphatic carbocycles. The number of carbonyl (C=O) groups is 1. The molecule has 0 aliphatic rings. The number of sulfonamides is 1. The molecule has 0 unspecified atom stereocenters. The fourth-order valence-electron chi connectivity index (χ4n) is 2.38. The molecule has 27 heavy (non-hydrogen) atoms. The highest BCUT2D eigenvalue weighted by molar-refractivity contribution is 7.92. The van der Waals surface area contributed by atoms with E-state index in [1.807, 2.05) is 31.2 Å². The third kappa shape index (κ3) is 6.77. The van der Waals surface area contributed by atoms with Crippen LogP contribution in [-0.4, -0.2) is 39.8 Å². The molecule has 146 valence electrons. The first-order chi connectivity index (χ1) is 12.6. The Morgan fingerprint density at radius 2 is 1.89 bits per heavy atom. The molecular weight excluding hydrogens is 388 g/mol. The van der Waals surface area contributed by atoms with Crippen LogP contribution in [0.2, 0.25) is 5.02 Å². The Labute approximate surface area is 165 Å². The smallest absolute Gasteiger partial charge is 0.241 e. The zero-order valence-electron chi connectivity index (χ0n) is 15.5. The van der Waals surface area contributed by atoms with Crippen LogP contribution in [-0.2, 0) is 14.8 Å². The number of rotatable bonds is 8. The molecule has 0 saturated carbocycles. The lowest BCUT2D eigenvalue weighted by Gasteiger charge is -2.23. The molecular formula is C19H23ClN2O4S. The molecule has 2 aromatic rings. The molecule has 1 atom stereocenters. The summed E-state index contributed by atoms with van der Waals surface area (Å²) >= 11 is 5.93. The van der Waals surface area contributed by atoms with Crippen molar-refractivity contribution in [3.8, 4) is 5.75 Å². The monoisotopic (exact) mass is 410 g/mol. The molecule has 6 nitrogen and oxygen atoms in total. The van der Waals surface area contributed by atoms with Crippen molar-refractivity contribution in [3.05, 3.63) is 59.1 Å². The SMILES string of the molecule is Cc1ccc(OC[C@@H](C)NC(=O)CN(c2cccc(Cl)c2)S(C)(=O)=O)cc1. The molecule has 0 spiro atoms. The van der Waals surface area contributed by atoms with Crippen LogP contribution in [0.4, 0.5) is 5.69 Å². The second kappa shape index (κ2) is 9.10. The summed E-state index contributed by atoms with van der Waals surface area (Å²) in [6.45, 7) is 3.70. The van der Waals surface area contributed by atoms with Crippen molar-refractivity contribution in [2.24, 2.45) is 0 Å². The number of carbonyl (C=O) groups excluding carboxylic acids is 1. The maximum absolute atomic E-state index is 12.3. The fraction of sp³-hybridized carbons (Fsp3) is 0.316. The number of hydrogen-bond donors (Lipinski definition) is 1. The lowest BCUT2D eigenvalue weighted by molar-refractivity contribution is -0.120. The number of aryl methyl sites for hydroxylation is 1. The number of hydrogen-bond acceptors (Lipinski definition) is 4. The topological polar surface area (TPSA) is 75.7 Å². The molecule has 8 heteroatoms. The predicted molar refractivity (Wildman–Crippen MR) is 108 cm³/mol. The molecule has 2 aromatic carbocycles. The lowest BCUT2D eigenvalue weighted by Crippen LogP contribution is -2.44. The summed E-state index contributed by atoms with van der Waals surface area (Å²) in [5.74, 6) is 0.277. The quantitative estimate of drug-likeness (QED) is 0.725. The van der Waals surface area contributed by atoms with Crippen molar-refractivity contribution in [1.29, 1.82) is 0 Å². The first-order valence-electron chi connectivity index (χ1n) is 8.37. The van der Waals surface area contributed by atoms with Crippen LogP contribution >= 0.6 is 11.6 Å². The number of anilines is 1. The Morgan fingerprint density at radius 3 is 2.48 bits per heavy atom. The molecule has 1 amide bonds. The van der Waals surface area contributed by atoms with Gasteiger partial charge in [-0.2, -0.15) is 0 Å². The summed E-state index contributed by atoms with van der Waals surface area (Å²) in [5, 5.41) is 3.14. The van der Waals surface area contributed by atoms with Gasteiger partial charge in [0.25, 0.3) is 0 Å². The minimum atomic E-state index is -3.64. The minimum absolute atomic E-state index is 0.269. The van der Waals surface area contributed by atoms with E-state index in [4.69, 9.17) is 16.3 Å². The number of amides is 1. The van der Waals surface area contributed by atoms with Crippen LogP contribution in [0.15, 0.2) is 48.5 Å². The summed E-state index contributed by atoms with van der Waals surface area (Å²) in [6.07, 6.45) is 1.05. The summed E-state index contributed by atoms with van der Waals surface area (Å²) in [6, 6.07) is 13.6. The van der Waals surface area contributed by atoms with Crippen molar-refractivity contribution in [2.45, 2.75) is 19.9 Å². The van der Waals surface area contributed by atoms with Gasteiger partial charge >= 0.3 is 0 Å². The van der Waals surface area contributed by atoms with Crippen molar-refractivity contribution in [1.82, 2.24) is 5.32 Å². The second-order valence-electron chi connectivity index (χ2n) is 6.34. The Morgan fingerprint density at radius 1 is 1.22 bits per heavy atom. The maximum atomic E-state index is 12.3. The molecule has 0 radical (unpaired) electrons. The van der Waals surface area contributed by atoms with Gasteiger partial charge in [0.05, 0.1) is 18.0 Å². The molecule has 2 rings (SSSR count). The van der Waals surface area contributed by atoms with Crippen molar-refractivity contribution in [3.63, 3.8) is 0 Å². The summed E-state index contributed by atoms with van der Waals surface area (Å²) in [5.41, 5.74) is 1.47. The first kappa shape index (κ1) is 21.1. The van der Waals surface area contributed by atoms with Crippen LogP contribution in [0.25, 0.3) is 0 Å². The van der Waals surface area contributed by atoms with Crippen LogP contribution in [0, 0.1) is 6.92 Å². The molecule has 0 fully saturated rings. The van der Waals surface area contributed by atoms with Crippen molar-refractivity contribution in [2.75, 3.05) is 23.7 Å². The van der Waals surface area contributed by atoms with Crippen LogP contribution in [0.1, 0.15) is 12.5 Å². The minimum Gasteiger partial charge on any atom is -0.491 e. The van der Waals surface area contributed by atoms with E-state index in [9.17, 15) is 13.2 Å². The fourth-order valence-corrected chi connectivity index (χ4v) is 3.41. The largest absolute Gasteiger partial charge is 0.491 e. The molecule has 0 aliphatic heterocycles. The molecule has 0 aromatic heterocycles. The van der Waals surface area contributed by atoms with Crippen LogP contribution in [0.5, 0.6) is 5.75 Å². The second-order valence-corrected chi connectivity index (χ2v) is 8.69. The Bertz CT molecular complexity index is 885. The average molecular weight is 411 g/mol. The summed E-state index contributed by atoms with van der Waals surface area (Å²) < 4.78 is 30.8. The average Bonchev–Trinajstić information content (AvgIpc) is 2.58. The van der Waals surface area contributed by atoms with Gasteiger partial charge in [0, 0.05) is 5.02 Å². The van der Waals surface area contributed by atoms with Gasteiger partial charge in [-0.25, -0.2) is 8.42 Å². The summed E-state index contributed by atoms with van der Waals surface area (Å²) in [4.78, 5) is 12.3. The van der Waals surface area contributed by atoms with Crippen LogP contribution < -0.4 is 14.4 Å². The highest BCUT2D eigenvalue weighted by Crippen LogP contribution is 2.21. The highest BCUT2D eigenvalue weighted by Gasteiger charge is 2.22. The third-order valence-corrected chi connectivity index (χ3v) is 5.09. The van der Waals surface area contributed by atoms with Gasteiger partial charge in [-0.05, 0) is 44.2 Å². The normalized spacial score (nSPS) is 12.3. The standard InChI is InChI=1S/C19H23ClN2O4S/c1-14-7-9-18(10-8-14)26-13-15(2)21-19(23)12-22(27(3,24)25)17-6-4-5-16(20)11-17/h4-11,15H,12-13H2,1-3H3,(H,21,23)/t15-/m1/s1. The zero-order valence-corrected chi connectivity index (χ0v) is 17.0. The lowest BCUT2D eigenvalue weighted by atomic mass is 10.2.